The largest absolute Gasteiger partial charge is 0.396 e. The predicted octanol–water partition coefficient (Wildman–Crippen LogP) is 3.05. The number of hydrogen-bond donors (Lipinski definition) is 2. The minimum atomic E-state index is 0.323. The SMILES string of the molecule is OCC1CCCCC1CNc1ccncc1Br. The molecule has 1 aromatic rings. The highest BCUT2D eigenvalue weighted by atomic mass is 79.9. The molecule has 3 nitrogen and oxygen atoms in total. The molecule has 1 aromatic heterocycles. The fourth-order valence-electron chi connectivity index (χ4n) is 2.55. The third-order valence-electron chi connectivity index (χ3n) is 3.63. The van der Waals surface area contributed by atoms with E-state index in [1.54, 1.807) is 12.4 Å². The van der Waals surface area contributed by atoms with E-state index in [-0.39, 0.29) is 0 Å². The summed E-state index contributed by atoms with van der Waals surface area (Å²) in [6.45, 7) is 1.26. The van der Waals surface area contributed by atoms with Gasteiger partial charge in [-0.2, -0.15) is 0 Å². The minimum absolute atomic E-state index is 0.323. The van der Waals surface area contributed by atoms with Crippen LogP contribution in [0.1, 0.15) is 25.7 Å². The molecule has 17 heavy (non-hydrogen) atoms. The summed E-state index contributed by atoms with van der Waals surface area (Å²) >= 11 is 3.48. The van der Waals surface area contributed by atoms with E-state index in [9.17, 15) is 5.11 Å². The second kappa shape index (κ2) is 6.36. The van der Waals surface area contributed by atoms with Gasteiger partial charge in [0.05, 0.1) is 10.2 Å². The summed E-state index contributed by atoms with van der Waals surface area (Å²) in [6, 6.07) is 1.97. The summed E-state index contributed by atoms with van der Waals surface area (Å²) in [6.07, 6.45) is 8.53. The van der Waals surface area contributed by atoms with Gasteiger partial charge in [0.2, 0.25) is 0 Å². The van der Waals surface area contributed by atoms with E-state index in [0.717, 1.165) is 16.7 Å². The molecule has 1 aliphatic carbocycles. The van der Waals surface area contributed by atoms with Crippen molar-refractivity contribution in [3.8, 4) is 0 Å². The molecule has 1 saturated carbocycles. The zero-order valence-electron chi connectivity index (χ0n) is 9.90. The lowest BCUT2D eigenvalue weighted by Gasteiger charge is -2.30. The van der Waals surface area contributed by atoms with Crippen LogP contribution in [0.25, 0.3) is 0 Å². The lowest BCUT2D eigenvalue weighted by atomic mass is 9.79. The number of aromatic nitrogens is 1. The van der Waals surface area contributed by atoms with E-state index >= 15 is 0 Å². The van der Waals surface area contributed by atoms with Crippen LogP contribution in [0, 0.1) is 11.8 Å². The molecule has 2 rings (SSSR count). The predicted molar refractivity (Wildman–Crippen MR) is 73.0 cm³/mol. The number of hydrogen-bond acceptors (Lipinski definition) is 3. The number of halogens is 1. The first-order valence-corrected chi connectivity index (χ1v) is 7.05. The molecular formula is C13H19BrN2O. The van der Waals surface area contributed by atoms with Crippen LogP contribution in [-0.4, -0.2) is 23.2 Å². The first-order chi connectivity index (χ1) is 8.31. The Morgan fingerprint density at radius 2 is 2.12 bits per heavy atom. The van der Waals surface area contributed by atoms with Gasteiger partial charge >= 0.3 is 0 Å². The van der Waals surface area contributed by atoms with Crippen molar-refractivity contribution >= 4 is 21.6 Å². The van der Waals surface area contributed by atoms with Gasteiger partial charge in [-0.15, -0.1) is 0 Å². The Hall–Kier alpha value is -0.610. The first kappa shape index (κ1) is 12.8. The summed E-state index contributed by atoms with van der Waals surface area (Å²) in [5.74, 6) is 1.06. The summed E-state index contributed by atoms with van der Waals surface area (Å²) in [4.78, 5) is 4.04. The fraction of sp³-hybridized carbons (Fsp3) is 0.615. The van der Waals surface area contributed by atoms with Crippen LogP contribution in [0.2, 0.25) is 0 Å². The van der Waals surface area contributed by atoms with Crippen LogP contribution in [0.5, 0.6) is 0 Å². The zero-order chi connectivity index (χ0) is 12.1. The van der Waals surface area contributed by atoms with Crippen LogP contribution in [0.3, 0.4) is 0 Å². The molecular weight excluding hydrogens is 280 g/mol. The molecule has 1 fully saturated rings. The van der Waals surface area contributed by atoms with Gasteiger partial charge in [0.1, 0.15) is 0 Å². The molecule has 0 spiro atoms. The summed E-state index contributed by atoms with van der Waals surface area (Å²) < 4.78 is 0.997. The van der Waals surface area contributed by atoms with Crippen molar-refractivity contribution in [1.29, 1.82) is 0 Å². The minimum Gasteiger partial charge on any atom is -0.396 e. The Morgan fingerprint density at radius 3 is 2.82 bits per heavy atom. The van der Waals surface area contributed by atoms with Gasteiger partial charge in [0.25, 0.3) is 0 Å². The van der Waals surface area contributed by atoms with Gasteiger partial charge in [0, 0.05) is 25.5 Å². The maximum Gasteiger partial charge on any atom is 0.0590 e. The lowest BCUT2D eigenvalue weighted by molar-refractivity contribution is 0.141. The molecule has 1 aliphatic rings. The molecule has 0 aromatic carbocycles. The van der Waals surface area contributed by atoms with Gasteiger partial charge < -0.3 is 10.4 Å². The number of aliphatic hydroxyl groups excluding tert-OH is 1. The Morgan fingerprint density at radius 1 is 1.35 bits per heavy atom. The van der Waals surface area contributed by atoms with E-state index < -0.39 is 0 Å². The average molecular weight is 299 g/mol. The fourth-order valence-corrected chi connectivity index (χ4v) is 2.94. The van der Waals surface area contributed by atoms with Crippen molar-refractivity contribution in [3.63, 3.8) is 0 Å². The Kier molecular flexibility index (Phi) is 4.80. The Bertz CT molecular complexity index is 359. The number of anilines is 1. The number of pyridine rings is 1. The smallest absolute Gasteiger partial charge is 0.0590 e. The zero-order valence-corrected chi connectivity index (χ0v) is 11.5. The van der Waals surface area contributed by atoms with Crippen molar-refractivity contribution in [2.75, 3.05) is 18.5 Å². The van der Waals surface area contributed by atoms with Crippen LogP contribution in [-0.2, 0) is 0 Å². The van der Waals surface area contributed by atoms with Crippen LogP contribution < -0.4 is 5.32 Å². The van der Waals surface area contributed by atoms with Crippen molar-refractivity contribution in [1.82, 2.24) is 4.98 Å². The van der Waals surface area contributed by atoms with Crippen LogP contribution in [0.4, 0.5) is 5.69 Å². The lowest BCUT2D eigenvalue weighted by Crippen LogP contribution is -2.28. The van der Waals surface area contributed by atoms with Gasteiger partial charge in [-0.25, -0.2) is 0 Å². The van der Waals surface area contributed by atoms with E-state index in [2.05, 4.69) is 26.2 Å². The molecule has 94 valence electrons. The van der Waals surface area contributed by atoms with Crippen molar-refractivity contribution in [2.45, 2.75) is 25.7 Å². The molecule has 2 N–H and O–H groups in total. The van der Waals surface area contributed by atoms with E-state index in [0.29, 0.717) is 18.4 Å². The second-order valence-electron chi connectivity index (χ2n) is 4.72. The van der Waals surface area contributed by atoms with Crippen molar-refractivity contribution < 1.29 is 5.11 Å². The van der Waals surface area contributed by atoms with Gasteiger partial charge in [-0.05, 0) is 46.7 Å². The van der Waals surface area contributed by atoms with E-state index in [1.165, 1.54) is 25.7 Å². The summed E-state index contributed by atoms with van der Waals surface area (Å²) in [5, 5.41) is 12.8. The van der Waals surface area contributed by atoms with Crippen LogP contribution >= 0.6 is 15.9 Å². The van der Waals surface area contributed by atoms with Crippen molar-refractivity contribution in [2.24, 2.45) is 11.8 Å². The highest BCUT2D eigenvalue weighted by molar-refractivity contribution is 9.10. The van der Waals surface area contributed by atoms with Gasteiger partial charge in [0.15, 0.2) is 0 Å². The van der Waals surface area contributed by atoms with E-state index in [1.807, 2.05) is 6.07 Å². The molecule has 2 unspecified atom stereocenters. The first-order valence-electron chi connectivity index (χ1n) is 6.25. The molecule has 2 atom stereocenters. The molecule has 1 heterocycles. The number of nitrogens with one attached hydrogen (secondary N) is 1. The number of rotatable bonds is 4. The highest BCUT2D eigenvalue weighted by Gasteiger charge is 2.24. The summed E-state index contributed by atoms with van der Waals surface area (Å²) in [7, 11) is 0. The molecule has 0 aliphatic heterocycles. The Labute approximate surface area is 111 Å². The monoisotopic (exact) mass is 298 g/mol. The maximum atomic E-state index is 9.37. The van der Waals surface area contributed by atoms with Crippen molar-refractivity contribution in [3.05, 3.63) is 22.9 Å². The normalized spacial score (nSPS) is 24.6. The average Bonchev–Trinajstić information content (AvgIpc) is 2.38. The molecule has 0 saturated heterocycles. The number of nitrogens with zero attached hydrogens (tertiary/aromatic N) is 1. The summed E-state index contributed by atoms with van der Waals surface area (Å²) in [5.41, 5.74) is 1.09. The topological polar surface area (TPSA) is 45.1 Å². The maximum absolute atomic E-state index is 9.37. The van der Waals surface area contributed by atoms with Gasteiger partial charge in [-0.1, -0.05) is 12.8 Å². The molecule has 0 radical (unpaired) electrons. The molecule has 0 amide bonds. The third-order valence-corrected chi connectivity index (χ3v) is 4.26. The standard InChI is InChI=1S/C13H19BrN2O/c14-12-8-15-6-5-13(12)16-7-10-3-1-2-4-11(10)9-17/h5-6,8,10-11,17H,1-4,7,9H2,(H,15,16). The molecule has 4 heteroatoms. The van der Waals surface area contributed by atoms with E-state index in [4.69, 9.17) is 0 Å². The van der Waals surface area contributed by atoms with Gasteiger partial charge in [-0.3, -0.25) is 4.98 Å². The molecule has 0 bridgehead atoms. The third kappa shape index (κ3) is 3.42. The quantitative estimate of drug-likeness (QED) is 0.898. The highest BCUT2D eigenvalue weighted by Crippen LogP contribution is 2.30. The Balaban J connectivity index is 1.90. The second-order valence-corrected chi connectivity index (χ2v) is 5.58. The number of aliphatic hydroxyl groups is 1. The van der Waals surface area contributed by atoms with Crippen LogP contribution in [0.15, 0.2) is 22.9 Å².